The first-order valence-electron chi connectivity index (χ1n) is 8.18. The van der Waals surface area contributed by atoms with Gasteiger partial charge in [-0.15, -0.1) is 0 Å². The van der Waals surface area contributed by atoms with Crippen molar-refractivity contribution in [1.82, 2.24) is 5.32 Å². The lowest BCUT2D eigenvalue weighted by molar-refractivity contribution is -0.127. The molecule has 0 radical (unpaired) electrons. The van der Waals surface area contributed by atoms with Gasteiger partial charge in [0.15, 0.2) is 6.10 Å². The molecule has 2 rings (SSSR count). The summed E-state index contributed by atoms with van der Waals surface area (Å²) in [6, 6.07) is 13.5. The van der Waals surface area contributed by atoms with Crippen molar-refractivity contribution in [3.05, 3.63) is 59.2 Å². The van der Waals surface area contributed by atoms with Crippen LogP contribution in [0.25, 0.3) is 0 Å². The van der Waals surface area contributed by atoms with E-state index in [1.54, 1.807) is 49.4 Å². The minimum Gasteiger partial charge on any atom is -0.496 e. The highest BCUT2D eigenvalue weighted by Gasteiger charge is 2.16. The smallest absolute Gasteiger partial charge is 0.341 e. The summed E-state index contributed by atoms with van der Waals surface area (Å²) in [5.41, 5.74) is 1.52. The standard InChI is InChI=1S/C20H20N2O5/c1-13(27-16-7-4-14(11-21)5-8-16)19(23)22-12-15-6-9-18(25-2)17(10-15)20(24)26-3/h4-10,13H,12H2,1-3H3,(H,22,23)/t13-/m0/s1. The van der Waals surface area contributed by atoms with E-state index in [0.717, 1.165) is 5.56 Å². The molecule has 0 saturated carbocycles. The Balaban J connectivity index is 1.97. The third-order valence-electron chi connectivity index (χ3n) is 3.80. The lowest BCUT2D eigenvalue weighted by atomic mass is 10.1. The Morgan fingerprint density at radius 2 is 1.85 bits per heavy atom. The van der Waals surface area contributed by atoms with Crippen LogP contribution in [0.1, 0.15) is 28.4 Å². The van der Waals surface area contributed by atoms with E-state index in [1.807, 2.05) is 6.07 Å². The minimum atomic E-state index is -0.726. The molecule has 1 atom stereocenters. The van der Waals surface area contributed by atoms with Crippen LogP contribution in [0.4, 0.5) is 0 Å². The number of nitrogens with zero attached hydrogens (tertiary/aromatic N) is 1. The van der Waals surface area contributed by atoms with Crippen molar-refractivity contribution in [3.8, 4) is 17.6 Å². The molecular weight excluding hydrogens is 348 g/mol. The van der Waals surface area contributed by atoms with Crippen LogP contribution in [0, 0.1) is 11.3 Å². The van der Waals surface area contributed by atoms with E-state index in [1.165, 1.54) is 14.2 Å². The maximum atomic E-state index is 12.2. The SMILES string of the molecule is COC(=O)c1cc(CNC(=O)[C@H](C)Oc2ccc(C#N)cc2)ccc1OC. The maximum Gasteiger partial charge on any atom is 0.341 e. The van der Waals surface area contributed by atoms with Crippen LogP contribution in [-0.4, -0.2) is 32.2 Å². The molecule has 0 heterocycles. The van der Waals surface area contributed by atoms with Gasteiger partial charge in [-0.25, -0.2) is 4.79 Å². The number of esters is 1. The summed E-state index contributed by atoms with van der Waals surface area (Å²) in [6.45, 7) is 1.84. The van der Waals surface area contributed by atoms with Gasteiger partial charge in [-0.2, -0.15) is 5.26 Å². The lowest BCUT2D eigenvalue weighted by Gasteiger charge is -2.15. The van der Waals surface area contributed by atoms with Crippen molar-refractivity contribution >= 4 is 11.9 Å². The molecule has 1 N–H and O–H groups in total. The number of amides is 1. The number of benzene rings is 2. The Morgan fingerprint density at radius 1 is 1.15 bits per heavy atom. The Labute approximate surface area is 157 Å². The molecule has 27 heavy (non-hydrogen) atoms. The molecule has 0 aliphatic rings. The van der Waals surface area contributed by atoms with Gasteiger partial charge in [0.2, 0.25) is 0 Å². The summed E-state index contributed by atoms with van der Waals surface area (Å²) < 4.78 is 15.4. The number of rotatable bonds is 7. The van der Waals surface area contributed by atoms with Crippen molar-refractivity contribution in [1.29, 1.82) is 5.26 Å². The molecule has 1 amide bonds. The van der Waals surface area contributed by atoms with E-state index in [-0.39, 0.29) is 18.0 Å². The third kappa shape index (κ3) is 5.22. The predicted octanol–water partition coefficient (Wildman–Crippen LogP) is 2.44. The van der Waals surface area contributed by atoms with Crippen LogP contribution in [-0.2, 0) is 16.1 Å². The van der Waals surface area contributed by atoms with Crippen LogP contribution >= 0.6 is 0 Å². The van der Waals surface area contributed by atoms with Crippen molar-refractivity contribution < 1.29 is 23.8 Å². The van der Waals surface area contributed by atoms with Gasteiger partial charge in [-0.3, -0.25) is 4.79 Å². The molecule has 0 aliphatic carbocycles. The van der Waals surface area contributed by atoms with Gasteiger partial charge in [0.05, 0.1) is 25.9 Å². The van der Waals surface area contributed by atoms with Gasteiger partial charge in [0, 0.05) is 6.54 Å². The predicted molar refractivity (Wildman–Crippen MR) is 97.4 cm³/mol. The number of ether oxygens (including phenoxy) is 3. The van der Waals surface area contributed by atoms with Crippen molar-refractivity contribution in [2.75, 3.05) is 14.2 Å². The normalized spacial score (nSPS) is 11.0. The monoisotopic (exact) mass is 368 g/mol. The summed E-state index contributed by atoms with van der Waals surface area (Å²) in [6.07, 6.45) is -0.726. The number of carbonyl (C=O) groups excluding carboxylic acids is 2. The highest BCUT2D eigenvalue weighted by Crippen LogP contribution is 2.21. The summed E-state index contributed by atoms with van der Waals surface area (Å²) in [5.74, 6) is 0.0656. The molecule has 0 saturated heterocycles. The Morgan fingerprint density at radius 3 is 2.44 bits per heavy atom. The van der Waals surface area contributed by atoms with Crippen molar-refractivity contribution in [2.45, 2.75) is 19.6 Å². The maximum absolute atomic E-state index is 12.2. The quantitative estimate of drug-likeness (QED) is 0.754. The molecule has 2 aromatic rings. The summed E-state index contributed by atoms with van der Waals surface area (Å²) in [7, 11) is 2.75. The number of nitrogens with one attached hydrogen (secondary N) is 1. The third-order valence-corrected chi connectivity index (χ3v) is 3.80. The van der Waals surface area contributed by atoms with E-state index >= 15 is 0 Å². The first-order chi connectivity index (χ1) is 13.0. The molecular formula is C20H20N2O5. The molecule has 7 heteroatoms. The highest BCUT2D eigenvalue weighted by atomic mass is 16.5. The van der Waals surface area contributed by atoms with Gasteiger partial charge in [0.25, 0.3) is 5.91 Å². The fourth-order valence-corrected chi connectivity index (χ4v) is 2.33. The molecule has 0 unspecified atom stereocenters. The van der Waals surface area contributed by atoms with E-state index in [9.17, 15) is 9.59 Å². The van der Waals surface area contributed by atoms with Gasteiger partial charge in [0.1, 0.15) is 17.1 Å². The average molecular weight is 368 g/mol. The van der Waals surface area contributed by atoms with Crippen LogP contribution in [0.2, 0.25) is 0 Å². The highest BCUT2D eigenvalue weighted by molar-refractivity contribution is 5.92. The number of nitriles is 1. The summed E-state index contributed by atoms with van der Waals surface area (Å²) >= 11 is 0. The van der Waals surface area contributed by atoms with Gasteiger partial charge >= 0.3 is 5.97 Å². The van der Waals surface area contributed by atoms with Crippen molar-refractivity contribution in [3.63, 3.8) is 0 Å². The summed E-state index contributed by atoms with van der Waals surface area (Å²) in [4.78, 5) is 24.0. The summed E-state index contributed by atoms with van der Waals surface area (Å²) in [5, 5.41) is 11.5. The minimum absolute atomic E-state index is 0.216. The Kier molecular flexibility index (Phi) is 6.78. The van der Waals surface area contributed by atoms with E-state index in [4.69, 9.17) is 19.5 Å². The zero-order chi connectivity index (χ0) is 19.8. The second-order valence-corrected chi connectivity index (χ2v) is 5.64. The van der Waals surface area contributed by atoms with Gasteiger partial charge in [-0.1, -0.05) is 6.07 Å². The van der Waals surface area contributed by atoms with E-state index in [0.29, 0.717) is 17.1 Å². The van der Waals surface area contributed by atoms with Crippen LogP contribution in [0.15, 0.2) is 42.5 Å². The zero-order valence-corrected chi connectivity index (χ0v) is 15.3. The molecule has 0 spiro atoms. The average Bonchev–Trinajstić information content (AvgIpc) is 2.71. The first-order valence-corrected chi connectivity index (χ1v) is 8.18. The van der Waals surface area contributed by atoms with E-state index in [2.05, 4.69) is 5.32 Å². The molecule has 0 aromatic heterocycles. The van der Waals surface area contributed by atoms with Gasteiger partial charge in [-0.05, 0) is 48.9 Å². The van der Waals surface area contributed by atoms with Crippen LogP contribution in [0.5, 0.6) is 11.5 Å². The van der Waals surface area contributed by atoms with E-state index < -0.39 is 12.1 Å². The van der Waals surface area contributed by atoms with Crippen molar-refractivity contribution in [2.24, 2.45) is 0 Å². The largest absolute Gasteiger partial charge is 0.496 e. The Bertz CT molecular complexity index is 856. The lowest BCUT2D eigenvalue weighted by Crippen LogP contribution is -2.35. The molecule has 7 nitrogen and oxygen atoms in total. The molecule has 0 fully saturated rings. The number of methoxy groups -OCH3 is 2. The fraction of sp³-hybridized carbons (Fsp3) is 0.250. The second-order valence-electron chi connectivity index (χ2n) is 5.64. The molecule has 0 aliphatic heterocycles. The molecule has 0 bridgehead atoms. The second kappa shape index (κ2) is 9.25. The zero-order valence-electron chi connectivity index (χ0n) is 15.3. The number of hydrogen-bond donors (Lipinski definition) is 1. The van der Waals surface area contributed by atoms with Crippen LogP contribution < -0.4 is 14.8 Å². The number of hydrogen-bond acceptors (Lipinski definition) is 6. The Hall–Kier alpha value is -3.53. The van der Waals surface area contributed by atoms with Crippen LogP contribution in [0.3, 0.4) is 0 Å². The fourth-order valence-electron chi connectivity index (χ4n) is 2.33. The first kappa shape index (κ1) is 19.8. The topological polar surface area (TPSA) is 97.6 Å². The number of carbonyl (C=O) groups is 2. The molecule has 140 valence electrons. The molecule has 2 aromatic carbocycles. The van der Waals surface area contributed by atoms with Gasteiger partial charge < -0.3 is 19.5 Å².